The lowest BCUT2D eigenvalue weighted by molar-refractivity contribution is -0.118. The molecule has 0 saturated heterocycles. The molecule has 0 saturated carbocycles. The Hall–Kier alpha value is -0.140. The number of nitrogens with two attached hydrogens (primary N) is 1. The first kappa shape index (κ1) is 12.9. The number of nitrogens with zero attached hydrogens (tertiary/aromatic N) is 1. The van der Waals surface area contributed by atoms with Crippen LogP contribution < -0.4 is 5.73 Å². The van der Waals surface area contributed by atoms with Crippen LogP contribution in [-0.4, -0.2) is 35.9 Å². The van der Waals surface area contributed by atoms with Crippen LogP contribution in [0.2, 0.25) is 0 Å². The summed E-state index contributed by atoms with van der Waals surface area (Å²) in [5, 5.41) is 0. The van der Waals surface area contributed by atoms with Crippen LogP contribution in [0.25, 0.3) is 0 Å². The Morgan fingerprint density at radius 3 is 2.23 bits per heavy atom. The molecule has 0 aromatic heterocycles. The fourth-order valence-corrected chi connectivity index (χ4v) is 2.70. The van der Waals surface area contributed by atoms with E-state index in [0.29, 0.717) is 0 Å². The van der Waals surface area contributed by atoms with E-state index < -0.39 is 15.9 Å². The van der Waals surface area contributed by atoms with E-state index in [4.69, 9.17) is 5.73 Å². The van der Waals surface area contributed by atoms with Crippen LogP contribution in [0, 0.1) is 0 Å². The normalized spacial score (nSPS) is 12.4. The quantitative estimate of drug-likeness (QED) is 0.708. The first-order valence-corrected chi connectivity index (χ1v) is 6.38. The van der Waals surface area contributed by atoms with Crippen LogP contribution in [0.1, 0.15) is 13.8 Å². The fourth-order valence-electron chi connectivity index (χ4n) is 0.818. The summed E-state index contributed by atoms with van der Waals surface area (Å²) in [6.07, 6.45) is 0. The van der Waals surface area contributed by atoms with Gasteiger partial charge in [0.1, 0.15) is 4.66 Å². The van der Waals surface area contributed by atoms with Gasteiger partial charge in [-0.3, -0.25) is 4.79 Å². The number of halogens is 1. The average Bonchev–Trinajstić information content (AvgIpc) is 1.99. The lowest BCUT2D eigenvalue weighted by Gasteiger charge is -2.23. The molecule has 0 aliphatic carbocycles. The highest BCUT2D eigenvalue weighted by Crippen LogP contribution is 2.08. The van der Waals surface area contributed by atoms with Gasteiger partial charge in [0.2, 0.25) is 15.9 Å². The van der Waals surface area contributed by atoms with Gasteiger partial charge in [0.05, 0.1) is 6.54 Å². The molecule has 1 amide bonds. The van der Waals surface area contributed by atoms with Crippen LogP contribution in [0.3, 0.4) is 0 Å². The van der Waals surface area contributed by atoms with E-state index >= 15 is 0 Å². The topological polar surface area (TPSA) is 80.5 Å². The molecule has 0 fully saturated rings. The molecule has 13 heavy (non-hydrogen) atoms. The minimum Gasteiger partial charge on any atom is -0.369 e. The Balaban J connectivity index is 4.72. The van der Waals surface area contributed by atoms with Crippen molar-refractivity contribution in [3.8, 4) is 0 Å². The molecule has 0 unspecified atom stereocenters. The second-order valence-electron chi connectivity index (χ2n) is 2.83. The average molecular weight is 273 g/mol. The molecule has 78 valence electrons. The van der Waals surface area contributed by atoms with Gasteiger partial charge in [-0.1, -0.05) is 15.9 Å². The minimum absolute atomic E-state index is 0.203. The van der Waals surface area contributed by atoms with Crippen molar-refractivity contribution in [1.82, 2.24) is 4.31 Å². The van der Waals surface area contributed by atoms with Crippen LogP contribution >= 0.6 is 15.9 Å². The maximum atomic E-state index is 11.3. The van der Waals surface area contributed by atoms with Crippen molar-refractivity contribution in [3.63, 3.8) is 0 Å². The fraction of sp³-hybridized carbons (Fsp3) is 0.833. The summed E-state index contributed by atoms with van der Waals surface area (Å²) < 4.78 is 23.6. The SMILES string of the molecule is CC(C)N(CC(N)=O)S(=O)(=O)CBr. The third-order valence-electron chi connectivity index (χ3n) is 1.38. The summed E-state index contributed by atoms with van der Waals surface area (Å²) in [7, 11) is -3.41. The molecule has 0 heterocycles. The minimum atomic E-state index is -3.41. The molecule has 0 aromatic carbocycles. The smallest absolute Gasteiger partial charge is 0.232 e. The van der Waals surface area contributed by atoms with Gasteiger partial charge in [-0.15, -0.1) is 0 Å². The molecular formula is C6H13BrN2O3S. The molecule has 0 radical (unpaired) electrons. The summed E-state index contributed by atoms with van der Waals surface area (Å²) in [4.78, 5) is 10.6. The number of carbonyl (C=O) groups excluding carboxylic acids is 1. The first-order chi connectivity index (χ1) is 5.81. The summed E-state index contributed by atoms with van der Waals surface area (Å²) in [6, 6.07) is -0.268. The summed E-state index contributed by atoms with van der Waals surface area (Å²) in [5.74, 6) is -0.654. The standard InChI is InChI=1S/C6H13BrN2O3S/c1-5(2)9(3-6(8)10)13(11,12)4-7/h5H,3-4H2,1-2H3,(H2,8,10). The molecule has 0 spiro atoms. The Kier molecular flexibility index (Phi) is 4.87. The van der Waals surface area contributed by atoms with Gasteiger partial charge in [-0.25, -0.2) is 8.42 Å². The molecule has 0 aliphatic rings. The van der Waals surface area contributed by atoms with Crippen LogP contribution in [0.4, 0.5) is 0 Å². The first-order valence-electron chi connectivity index (χ1n) is 3.65. The van der Waals surface area contributed by atoms with E-state index in [9.17, 15) is 13.2 Å². The monoisotopic (exact) mass is 272 g/mol. The summed E-state index contributed by atoms with van der Waals surface area (Å²) >= 11 is 2.85. The number of hydrogen-bond donors (Lipinski definition) is 1. The molecule has 2 N–H and O–H groups in total. The van der Waals surface area contributed by atoms with Gasteiger partial charge >= 0.3 is 0 Å². The number of amides is 1. The number of sulfonamides is 1. The zero-order chi connectivity index (χ0) is 10.6. The van der Waals surface area contributed by atoms with Gasteiger partial charge in [-0.05, 0) is 13.8 Å². The second-order valence-corrected chi connectivity index (χ2v) is 6.05. The molecule has 0 bridgehead atoms. The zero-order valence-corrected chi connectivity index (χ0v) is 9.93. The highest BCUT2D eigenvalue weighted by atomic mass is 79.9. The molecule has 0 aliphatic heterocycles. The van der Waals surface area contributed by atoms with Crippen molar-refractivity contribution in [2.45, 2.75) is 19.9 Å². The Morgan fingerprint density at radius 2 is 2.00 bits per heavy atom. The third-order valence-corrected chi connectivity index (χ3v) is 4.66. The van der Waals surface area contributed by atoms with Crippen LogP contribution in [0.5, 0.6) is 0 Å². The molecule has 0 atom stereocenters. The lowest BCUT2D eigenvalue weighted by Crippen LogP contribution is -2.43. The maximum absolute atomic E-state index is 11.3. The highest BCUT2D eigenvalue weighted by Gasteiger charge is 2.24. The molecule has 7 heteroatoms. The highest BCUT2D eigenvalue weighted by molar-refractivity contribution is 9.10. The van der Waals surface area contributed by atoms with Gasteiger partial charge in [-0.2, -0.15) is 4.31 Å². The van der Waals surface area contributed by atoms with Crippen LogP contribution in [-0.2, 0) is 14.8 Å². The van der Waals surface area contributed by atoms with E-state index in [2.05, 4.69) is 15.9 Å². The van der Waals surface area contributed by atoms with E-state index in [1.54, 1.807) is 13.8 Å². The van der Waals surface area contributed by atoms with Crippen molar-refractivity contribution < 1.29 is 13.2 Å². The van der Waals surface area contributed by atoms with Gasteiger partial charge in [0.25, 0.3) is 0 Å². The predicted molar refractivity (Wildman–Crippen MR) is 53.8 cm³/mol. The number of primary amides is 1. The zero-order valence-electron chi connectivity index (χ0n) is 7.53. The van der Waals surface area contributed by atoms with Gasteiger partial charge in [0.15, 0.2) is 0 Å². The second kappa shape index (κ2) is 4.92. The molecular weight excluding hydrogens is 260 g/mol. The third kappa shape index (κ3) is 4.06. The Labute approximate surface area is 86.5 Å². The lowest BCUT2D eigenvalue weighted by atomic mass is 10.4. The molecule has 0 aromatic rings. The van der Waals surface area contributed by atoms with Crippen molar-refractivity contribution in [2.24, 2.45) is 5.73 Å². The Morgan fingerprint density at radius 1 is 1.54 bits per heavy atom. The van der Waals surface area contributed by atoms with Crippen molar-refractivity contribution >= 4 is 31.9 Å². The predicted octanol–water partition coefficient (Wildman–Crippen LogP) is -0.136. The number of carbonyl (C=O) groups is 1. The van der Waals surface area contributed by atoms with Crippen molar-refractivity contribution in [1.29, 1.82) is 0 Å². The molecule has 5 nitrogen and oxygen atoms in total. The van der Waals surface area contributed by atoms with Gasteiger partial charge in [0, 0.05) is 6.04 Å². The number of alkyl halides is 1. The van der Waals surface area contributed by atoms with E-state index in [-0.39, 0.29) is 17.2 Å². The van der Waals surface area contributed by atoms with Crippen LogP contribution in [0.15, 0.2) is 0 Å². The van der Waals surface area contributed by atoms with E-state index in [1.165, 1.54) is 0 Å². The number of hydrogen-bond acceptors (Lipinski definition) is 3. The molecule has 0 rings (SSSR count). The Bertz CT molecular complexity index is 276. The summed E-state index contributed by atoms with van der Waals surface area (Å²) in [6.45, 7) is 3.10. The van der Waals surface area contributed by atoms with E-state index in [0.717, 1.165) is 4.31 Å². The summed E-state index contributed by atoms with van der Waals surface area (Å²) in [5.41, 5.74) is 4.92. The van der Waals surface area contributed by atoms with Crippen molar-refractivity contribution in [3.05, 3.63) is 0 Å². The number of rotatable bonds is 5. The maximum Gasteiger partial charge on any atom is 0.232 e. The largest absolute Gasteiger partial charge is 0.369 e. The van der Waals surface area contributed by atoms with Crippen molar-refractivity contribution in [2.75, 3.05) is 11.2 Å². The van der Waals surface area contributed by atoms with E-state index in [1.807, 2.05) is 0 Å². The van der Waals surface area contributed by atoms with Gasteiger partial charge < -0.3 is 5.73 Å².